The van der Waals surface area contributed by atoms with Crippen molar-refractivity contribution >= 4 is 33.0 Å². The summed E-state index contributed by atoms with van der Waals surface area (Å²) in [6, 6.07) is 7.43. The van der Waals surface area contributed by atoms with Crippen LogP contribution in [0.25, 0.3) is 11.2 Å². The molecule has 148 valence electrons. The highest BCUT2D eigenvalue weighted by Crippen LogP contribution is 2.16. The molecule has 0 unspecified atom stereocenters. The lowest BCUT2D eigenvalue weighted by molar-refractivity contribution is -0.130. The van der Waals surface area contributed by atoms with Crippen LogP contribution in [-0.2, 0) is 25.4 Å². The van der Waals surface area contributed by atoms with E-state index < -0.39 is 11.2 Å². The number of nitrogens with zero attached hydrogens (tertiary/aromatic N) is 5. The van der Waals surface area contributed by atoms with Crippen molar-refractivity contribution in [3.63, 3.8) is 0 Å². The summed E-state index contributed by atoms with van der Waals surface area (Å²) in [6.07, 6.45) is 1.40. The van der Waals surface area contributed by atoms with Crippen molar-refractivity contribution in [2.45, 2.75) is 6.54 Å². The number of hydrogen-bond acceptors (Lipinski definition) is 5. The summed E-state index contributed by atoms with van der Waals surface area (Å²) in [5, 5.41) is 0. The minimum absolute atomic E-state index is 0.0568. The molecular weight excluding hydrogens is 430 g/mol. The lowest BCUT2D eigenvalue weighted by Gasteiger charge is -2.18. The molecule has 0 aliphatic rings. The SMILES string of the molecule is CN(CCOc1ccc(Br)cc1)C(=O)Cn1cnc2c1c(=O)n(C)c(=O)n2C. The van der Waals surface area contributed by atoms with Crippen LogP contribution in [0, 0.1) is 0 Å². The van der Waals surface area contributed by atoms with E-state index in [0.717, 1.165) is 9.04 Å². The Labute approximate surface area is 168 Å². The second kappa shape index (κ2) is 8.01. The zero-order chi connectivity index (χ0) is 20.4. The van der Waals surface area contributed by atoms with E-state index in [2.05, 4.69) is 20.9 Å². The smallest absolute Gasteiger partial charge is 0.332 e. The van der Waals surface area contributed by atoms with E-state index in [0.29, 0.717) is 18.9 Å². The van der Waals surface area contributed by atoms with E-state index in [9.17, 15) is 14.4 Å². The highest BCUT2D eigenvalue weighted by Gasteiger charge is 2.17. The molecule has 0 N–H and O–H groups in total. The molecule has 0 bridgehead atoms. The Morgan fingerprint density at radius 3 is 2.54 bits per heavy atom. The summed E-state index contributed by atoms with van der Waals surface area (Å²) in [4.78, 5) is 42.6. The first-order chi connectivity index (χ1) is 13.3. The number of halogens is 1. The molecule has 0 saturated carbocycles. The average Bonchev–Trinajstić information content (AvgIpc) is 3.09. The number of aryl methyl sites for hydroxylation is 1. The lowest BCUT2D eigenvalue weighted by Crippen LogP contribution is -2.38. The van der Waals surface area contributed by atoms with Crippen LogP contribution >= 0.6 is 15.9 Å². The number of benzene rings is 1. The molecule has 0 saturated heterocycles. The van der Waals surface area contributed by atoms with Gasteiger partial charge in [0.05, 0.1) is 12.9 Å². The molecule has 1 aromatic carbocycles. The minimum Gasteiger partial charge on any atom is -0.492 e. The molecule has 2 heterocycles. The van der Waals surface area contributed by atoms with Gasteiger partial charge < -0.3 is 14.2 Å². The summed E-state index contributed by atoms with van der Waals surface area (Å²) in [7, 11) is 4.60. The van der Waals surface area contributed by atoms with Crippen LogP contribution in [0.2, 0.25) is 0 Å². The number of carbonyl (C=O) groups is 1. The molecule has 0 aliphatic carbocycles. The Balaban J connectivity index is 1.68. The molecule has 2 aromatic heterocycles. The van der Waals surface area contributed by atoms with Crippen molar-refractivity contribution in [1.82, 2.24) is 23.6 Å². The third-order valence-electron chi connectivity index (χ3n) is 4.46. The summed E-state index contributed by atoms with van der Waals surface area (Å²) in [5.41, 5.74) is -0.472. The number of rotatable bonds is 6. The molecule has 3 aromatic rings. The fraction of sp³-hybridized carbons (Fsp3) is 0.333. The van der Waals surface area contributed by atoms with Gasteiger partial charge in [0.25, 0.3) is 5.56 Å². The van der Waals surface area contributed by atoms with Gasteiger partial charge >= 0.3 is 5.69 Å². The van der Waals surface area contributed by atoms with E-state index >= 15 is 0 Å². The second-order valence-corrected chi connectivity index (χ2v) is 7.28. The quantitative estimate of drug-likeness (QED) is 0.553. The standard InChI is InChI=1S/C18H20BrN5O4/c1-21(8-9-28-13-6-4-12(19)5-7-13)14(25)10-24-11-20-16-15(24)17(26)23(3)18(27)22(16)2/h4-7,11H,8-10H2,1-3H3. The van der Waals surface area contributed by atoms with Gasteiger partial charge in [-0.2, -0.15) is 0 Å². The van der Waals surface area contributed by atoms with Gasteiger partial charge in [0.2, 0.25) is 5.91 Å². The van der Waals surface area contributed by atoms with Gasteiger partial charge in [0.15, 0.2) is 11.2 Å². The largest absolute Gasteiger partial charge is 0.492 e. The maximum atomic E-state index is 12.5. The first kappa shape index (κ1) is 19.9. The fourth-order valence-electron chi connectivity index (χ4n) is 2.74. The molecule has 0 fully saturated rings. The van der Waals surface area contributed by atoms with Crippen LogP contribution < -0.4 is 16.0 Å². The summed E-state index contributed by atoms with van der Waals surface area (Å²) in [5.74, 6) is 0.517. The van der Waals surface area contributed by atoms with Crippen molar-refractivity contribution in [2.75, 3.05) is 20.2 Å². The lowest BCUT2D eigenvalue weighted by atomic mass is 10.3. The molecule has 0 spiro atoms. The van der Waals surface area contributed by atoms with Crippen molar-refractivity contribution in [2.24, 2.45) is 14.1 Å². The molecule has 0 radical (unpaired) electrons. The van der Waals surface area contributed by atoms with Gasteiger partial charge in [-0.25, -0.2) is 9.78 Å². The molecule has 10 heteroatoms. The van der Waals surface area contributed by atoms with Crippen LogP contribution in [0.4, 0.5) is 0 Å². The predicted molar refractivity (Wildman–Crippen MR) is 107 cm³/mol. The highest BCUT2D eigenvalue weighted by atomic mass is 79.9. The molecule has 3 rings (SSSR count). The number of fused-ring (bicyclic) bond motifs is 1. The molecule has 9 nitrogen and oxygen atoms in total. The van der Waals surface area contributed by atoms with Crippen molar-refractivity contribution in [3.8, 4) is 5.75 Å². The fourth-order valence-corrected chi connectivity index (χ4v) is 3.00. The number of carbonyl (C=O) groups excluding carboxylic acids is 1. The topological polar surface area (TPSA) is 91.4 Å². The van der Waals surface area contributed by atoms with Crippen LogP contribution in [0.3, 0.4) is 0 Å². The third-order valence-corrected chi connectivity index (χ3v) is 4.99. The van der Waals surface area contributed by atoms with E-state index in [4.69, 9.17) is 4.74 Å². The van der Waals surface area contributed by atoms with E-state index in [1.54, 1.807) is 7.05 Å². The number of ether oxygens (including phenoxy) is 1. The minimum atomic E-state index is -0.482. The van der Waals surface area contributed by atoms with Gasteiger partial charge in [-0.3, -0.25) is 18.7 Å². The Morgan fingerprint density at radius 2 is 1.86 bits per heavy atom. The van der Waals surface area contributed by atoms with Crippen molar-refractivity contribution < 1.29 is 9.53 Å². The number of amides is 1. The van der Waals surface area contributed by atoms with Crippen LogP contribution in [0.5, 0.6) is 5.75 Å². The number of aromatic nitrogens is 4. The number of likely N-dealkylation sites (N-methyl/N-ethyl adjacent to an activating group) is 1. The highest BCUT2D eigenvalue weighted by molar-refractivity contribution is 9.10. The maximum Gasteiger partial charge on any atom is 0.332 e. The summed E-state index contributed by atoms with van der Waals surface area (Å²) >= 11 is 3.36. The zero-order valence-electron chi connectivity index (χ0n) is 15.8. The summed E-state index contributed by atoms with van der Waals surface area (Å²) < 4.78 is 10.3. The predicted octanol–water partition coefficient (Wildman–Crippen LogP) is 0.734. The number of imidazole rings is 1. The normalized spacial score (nSPS) is 11.0. The molecule has 1 amide bonds. The second-order valence-electron chi connectivity index (χ2n) is 6.37. The molecule has 0 atom stereocenters. The maximum absolute atomic E-state index is 12.5. The first-order valence-corrected chi connectivity index (χ1v) is 9.32. The Bertz CT molecular complexity index is 1130. The van der Waals surface area contributed by atoms with Crippen LogP contribution in [0.1, 0.15) is 0 Å². The first-order valence-electron chi connectivity index (χ1n) is 8.52. The Hall–Kier alpha value is -2.88. The van der Waals surface area contributed by atoms with Crippen LogP contribution in [0.15, 0.2) is 44.7 Å². The Morgan fingerprint density at radius 1 is 1.18 bits per heavy atom. The van der Waals surface area contributed by atoms with Crippen molar-refractivity contribution in [3.05, 3.63) is 55.9 Å². The van der Waals surface area contributed by atoms with Gasteiger partial charge in [0.1, 0.15) is 18.9 Å². The summed E-state index contributed by atoms with van der Waals surface area (Å²) in [6.45, 7) is 0.668. The van der Waals surface area contributed by atoms with E-state index in [1.807, 2.05) is 24.3 Å². The third kappa shape index (κ3) is 3.86. The van der Waals surface area contributed by atoms with Gasteiger partial charge in [-0.1, -0.05) is 15.9 Å². The Kier molecular flexibility index (Phi) is 5.68. The van der Waals surface area contributed by atoms with Crippen LogP contribution in [-0.4, -0.2) is 49.7 Å². The van der Waals surface area contributed by atoms with E-state index in [-0.39, 0.29) is 23.6 Å². The van der Waals surface area contributed by atoms with Gasteiger partial charge in [-0.05, 0) is 24.3 Å². The van der Waals surface area contributed by atoms with Gasteiger partial charge in [-0.15, -0.1) is 0 Å². The van der Waals surface area contributed by atoms with E-state index in [1.165, 1.54) is 34.5 Å². The molecule has 28 heavy (non-hydrogen) atoms. The average molecular weight is 450 g/mol. The zero-order valence-corrected chi connectivity index (χ0v) is 17.3. The van der Waals surface area contributed by atoms with Crippen molar-refractivity contribution in [1.29, 1.82) is 0 Å². The molecular formula is C18H20BrN5O4. The number of hydrogen-bond donors (Lipinski definition) is 0. The van der Waals surface area contributed by atoms with Gasteiger partial charge in [0, 0.05) is 25.6 Å². The monoisotopic (exact) mass is 449 g/mol. The molecule has 0 aliphatic heterocycles.